The number of likely N-dealkylation sites (tertiary alicyclic amines) is 1. The van der Waals surface area contributed by atoms with Crippen molar-refractivity contribution < 1.29 is 23.6 Å². The van der Waals surface area contributed by atoms with Crippen molar-refractivity contribution in [1.82, 2.24) is 5.32 Å². The van der Waals surface area contributed by atoms with Crippen molar-refractivity contribution >= 4 is 40.5 Å². The summed E-state index contributed by atoms with van der Waals surface area (Å²) >= 11 is 0. The molecule has 2 atom stereocenters. The van der Waals surface area contributed by atoms with Gasteiger partial charge in [-0.15, -0.1) is 17.0 Å². The second-order valence-corrected chi connectivity index (χ2v) is 10.1. The number of rotatable bonds is 9. The van der Waals surface area contributed by atoms with Crippen LogP contribution in [0.5, 0.6) is 0 Å². The number of methoxy groups -OCH3 is 1. The molecule has 0 aromatic heterocycles. The van der Waals surface area contributed by atoms with Gasteiger partial charge in [0.1, 0.15) is 6.54 Å². The molecule has 1 heterocycles. The van der Waals surface area contributed by atoms with Crippen LogP contribution < -0.4 is 10.6 Å². The van der Waals surface area contributed by atoms with Gasteiger partial charge in [0.25, 0.3) is 5.91 Å². The fraction of sp³-hybridized carbons (Fsp3) is 0.464. The number of benzene rings is 2. The number of amides is 2. The van der Waals surface area contributed by atoms with E-state index in [1.54, 1.807) is 12.1 Å². The number of nitrogens with zero attached hydrogens (tertiary/aromatic N) is 1. The molecule has 8 heteroatoms. The van der Waals surface area contributed by atoms with E-state index in [0.29, 0.717) is 41.3 Å². The van der Waals surface area contributed by atoms with Crippen LogP contribution in [0.4, 0.5) is 5.69 Å². The van der Waals surface area contributed by atoms with Crippen molar-refractivity contribution in [1.29, 1.82) is 0 Å². The van der Waals surface area contributed by atoms with E-state index < -0.39 is 5.97 Å². The van der Waals surface area contributed by atoms with E-state index in [1.807, 2.05) is 31.2 Å². The molecule has 0 saturated carbocycles. The van der Waals surface area contributed by atoms with E-state index in [-0.39, 0.29) is 41.3 Å². The lowest BCUT2D eigenvalue weighted by molar-refractivity contribution is -0.940. The van der Waals surface area contributed by atoms with Gasteiger partial charge in [0.15, 0.2) is 6.54 Å². The van der Waals surface area contributed by atoms with Crippen molar-refractivity contribution in [3.05, 3.63) is 65.2 Å². The van der Waals surface area contributed by atoms with Gasteiger partial charge in [-0.1, -0.05) is 56.3 Å². The maximum Gasteiger partial charge on any atom is 0.339 e. The van der Waals surface area contributed by atoms with Crippen LogP contribution in [0.2, 0.25) is 0 Å². The molecule has 36 heavy (non-hydrogen) atoms. The summed E-state index contributed by atoms with van der Waals surface area (Å²) in [6.07, 6.45) is 1.70. The Morgan fingerprint density at radius 2 is 1.81 bits per heavy atom. The Morgan fingerprint density at radius 3 is 2.47 bits per heavy atom. The number of piperidine rings is 1. The highest BCUT2D eigenvalue weighted by Crippen LogP contribution is 2.28. The van der Waals surface area contributed by atoms with Crippen LogP contribution in [0.3, 0.4) is 0 Å². The zero-order chi connectivity index (χ0) is 25.4. The SMILES string of the molecule is Br.COC(=O)c1cccc(C)c1NC(=O)C[N+]1(Cc2ccccc2)CCCC(C(=O)NCC(C)C)C1. The van der Waals surface area contributed by atoms with E-state index in [2.05, 4.69) is 36.6 Å². The Bertz CT molecular complexity index is 1040. The number of aryl methyl sites for hydroxylation is 1. The number of carbonyl (C=O) groups excluding carboxylic acids is 3. The lowest BCUT2D eigenvalue weighted by Crippen LogP contribution is -2.58. The van der Waals surface area contributed by atoms with Crippen LogP contribution in [0.25, 0.3) is 0 Å². The first-order valence-electron chi connectivity index (χ1n) is 12.4. The van der Waals surface area contributed by atoms with E-state index in [1.165, 1.54) is 7.11 Å². The third kappa shape index (κ3) is 7.90. The second kappa shape index (κ2) is 13.6. The molecule has 0 spiro atoms. The topological polar surface area (TPSA) is 84.5 Å². The number of hydrogen-bond acceptors (Lipinski definition) is 4. The minimum absolute atomic E-state index is 0. The molecule has 1 fully saturated rings. The number of halogens is 1. The summed E-state index contributed by atoms with van der Waals surface area (Å²) in [6, 6.07) is 15.4. The molecule has 0 aliphatic carbocycles. The molecule has 2 aromatic rings. The largest absolute Gasteiger partial charge is 0.465 e. The maximum absolute atomic E-state index is 13.4. The molecule has 1 saturated heterocycles. The van der Waals surface area contributed by atoms with E-state index >= 15 is 0 Å². The fourth-order valence-electron chi connectivity index (χ4n) is 4.90. The number of anilines is 1. The first-order valence-corrected chi connectivity index (χ1v) is 12.4. The van der Waals surface area contributed by atoms with Gasteiger partial charge in [0.05, 0.1) is 37.4 Å². The van der Waals surface area contributed by atoms with Gasteiger partial charge in [-0.3, -0.25) is 9.59 Å². The average Bonchev–Trinajstić information content (AvgIpc) is 2.83. The van der Waals surface area contributed by atoms with Crippen LogP contribution >= 0.6 is 17.0 Å². The van der Waals surface area contributed by atoms with Crippen molar-refractivity contribution in [3.63, 3.8) is 0 Å². The summed E-state index contributed by atoms with van der Waals surface area (Å²) in [7, 11) is 1.33. The second-order valence-electron chi connectivity index (χ2n) is 10.1. The van der Waals surface area contributed by atoms with E-state index in [4.69, 9.17) is 4.74 Å². The number of ether oxygens (including phenoxy) is 1. The molecular formula is C28H39BrN3O4+. The molecule has 3 rings (SSSR count). The van der Waals surface area contributed by atoms with E-state index in [0.717, 1.165) is 30.5 Å². The highest BCUT2D eigenvalue weighted by molar-refractivity contribution is 8.93. The van der Waals surface area contributed by atoms with Crippen molar-refractivity contribution in [2.45, 2.75) is 40.2 Å². The summed E-state index contributed by atoms with van der Waals surface area (Å²) < 4.78 is 5.40. The number of esters is 1. The monoisotopic (exact) mass is 560 g/mol. The van der Waals surface area contributed by atoms with Gasteiger partial charge in [0.2, 0.25) is 5.91 Å². The zero-order valence-corrected chi connectivity index (χ0v) is 23.4. The van der Waals surface area contributed by atoms with Gasteiger partial charge >= 0.3 is 5.97 Å². The molecule has 2 aromatic carbocycles. The third-order valence-electron chi connectivity index (χ3n) is 6.63. The molecule has 2 N–H and O–H groups in total. The predicted molar refractivity (Wildman–Crippen MR) is 147 cm³/mol. The van der Waals surface area contributed by atoms with Crippen molar-refractivity contribution in [3.8, 4) is 0 Å². The first-order chi connectivity index (χ1) is 16.7. The smallest absolute Gasteiger partial charge is 0.339 e. The van der Waals surface area contributed by atoms with Gasteiger partial charge < -0.3 is 19.9 Å². The molecule has 2 amide bonds. The van der Waals surface area contributed by atoms with Crippen LogP contribution in [0.15, 0.2) is 48.5 Å². The fourth-order valence-corrected chi connectivity index (χ4v) is 4.90. The summed E-state index contributed by atoms with van der Waals surface area (Å²) in [5.74, 6) is -0.347. The minimum Gasteiger partial charge on any atom is -0.465 e. The molecule has 2 unspecified atom stereocenters. The van der Waals surface area contributed by atoms with Gasteiger partial charge in [-0.05, 0) is 37.3 Å². The average molecular weight is 562 g/mol. The van der Waals surface area contributed by atoms with Crippen LogP contribution in [-0.4, -0.2) is 55.6 Å². The summed E-state index contributed by atoms with van der Waals surface area (Å²) in [5.41, 5.74) is 2.74. The van der Waals surface area contributed by atoms with Gasteiger partial charge in [0, 0.05) is 12.1 Å². The maximum atomic E-state index is 13.4. The molecular weight excluding hydrogens is 522 g/mol. The molecule has 0 radical (unpaired) electrons. The molecule has 1 aliphatic heterocycles. The quantitative estimate of drug-likeness (QED) is 0.349. The number of quaternary nitrogens is 1. The Kier molecular flexibility index (Phi) is 11.1. The highest BCUT2D eigenvalue weighted by Gasteiger charge is 2.40. The predicted octanol–water partition coefficient (Wildman–Crippen LogP) is 4.50. The summed E-state index contributed by atoms with van der Waals surface area (Å²) in [6.45, 7) is 8.96. The summed E-state index contributed by atoms with van der Waals surface area (Å²) in [4.78, 5) is 38.6. The van der Waals surface area contributed by atoms with E-state index in [9.17, 15) is 14.4 Å². The number of nitrogens with one attached hydrogen (secondary N) is 2. The Balaban J connectivity index is 0.00000456. The lowest BCUT2D eigenvalue weighted by Gasteiger charge is -2.43. The summed E-state index contributed by atoms with van der Waals surface area (Å²) in [5, 5.41) is 6.06. The molecule has 196 valence electrons. The number of para-hydroxylation sites is 1. The molecule has 7 nitrogen and oxygen atoms in total. The minimum atomic E-state index is -0.489. The van der Waals surface area contributed by atoms with Crippen LogP contribution in [-0.2, 0) is 20.9 Å². The Hall–Kier alpha value is -2.71. The lowest BCUT2D eigenvalue weighted by atomic mass is 9.93. The zero-order valence-electron chi connectivity index (χ0n) is 21.7. The third-order valence-corrected chi connectivity index (χ3v) is 6.63. The normalized spacial score (nSPS) is 19.2. The van der Waals surface area contributed by atoms with Crippen LogP contribution in [0, 0.1) is 18.8 Å². The Labute approximate surface area is 225 Å². The number of hydrogen-bond donors (Lipinski definition) is 2. The number of carbonyl (C=O) groups is 3. The molecule has 1 aliphatic rings. The van der Waals surface area contributed by atoms with Crippen LogP contribution in [0.1, 0.15) is 48.2 Å². The Morgan fingerprint density at radius 1 is 1.08 bits per heavy atom. The van der Waals surface area contributed by atoms with Crippen molar-refractivity contribution in [2.24, 2.45) is 11.8 Å². The standard InChI is InChI=1S/C28H37N3O4.BrH/c1-20(2)16-29-27(33)23-13-9-15-31(18-23,17-22-11-6-5-7-12-22)19-25(32)30-26-21(3)10-8-14-24(26)28(34)35-4;/h5-8,10-12,14,20,23H,9,13,15-19H2,1-4H3,(H-,29,30,32,33,34);1H/p+1. The van der Waals surface area contributed by atoms with Crippen molar-refractivity contribution in [2.75, 3.05) is 38.6 Å². The van der Waals surface area contributed by atoms with Gasteiger partial charge in [-0.2, -0.15) is 0 Å². The highest BCUT2D eigenvalue weighted by atomic mass is 79.9. The van der Waals surface area contributed by atoms with Gasteiger partial charge in [-0.25, -0.2) is 4.79 Å². The first kappa shape index (κ1) is 29.5. The molecule has 0 bridgehead atoms.